The molecule has 0 bridgehead atoms. The minimum absolute atomic E-state index is 0.0978. The molecule has 0 unspecified atom stereocenters. The van der Waals surface area contributed by atoms with Crippen molar-refractivity contribution in [2.45, 2.75) is 24.0 Å². The highest BCUT2D eigenvalue weighted by molar-refractivity contribution is 7.80. The van der Waals surface area contributed by atoms with Gasteiger partial charge in [-0.15, -0.1) is 12.6 Å². The number of benzene rings is 2. The van der Waals surface area contributed by atoms with E-state index in [0.29, 0.717) is 5.02 Å². The van der Waals surface area contributed by atoms with Crippen LogP contribution >= 0.6 is 24.2 Å². The van der Waals surface area contributed by atoms with Gasteiger partial charge in [0.2, 0.25) is 0 Å². The first kappa shape index (κ1) is 22.3. The number of aryl methyl sites for hydroxylation is 1. The SMILES string of the molecule is CCN[C@H](c1ccc(Cl)cc1)C(F)(F)F.Cn1c(=O)cnc2cc(S)ccc21. The van der Waals surface area contributed by atoms with Crippen LogP contribution in [0, 0.1) is 0 Å². The van der Waals surface area contributed by atoms with Gasteiger partial charge in [-0.2, -0.15) is 13.2 Å². The monoisotopic (exact) mass is 429 g/mol. The molecule has 0 fully saturated rings. The van der Waals surface area contributed by atoms with E-state index in [1.807, 2.05) is 18.2 Å². The molecule has 2 aromatic carbocycles. The van der Waals surface area contributed by atoms with Gasteiger partial charge in [-0.1, -0.05) is 30.7 Å². The predicted octanol–water partition coefficient (Wildman–Crippen LogP) is 4.78. The van der Waals surface area contributed by atoms with Gasteiger partial charge < -0.3 is 9.88 Å². The molecule has 28 heavy (non-hydrogen) atoms. The second kappa shape index (κ2) is 9.45. The average molecular weight is 430 g/mol. The zero-order chi connectivity index (χ0) is 20.9. The normalized spacial score (nSPS) is 12.4. The van der Waals surface area contributed by atoms with E-state index in [9.17, 15) is 18.0 Å². The largest absolute Gasteiger partial charge is 0.407 e. The molecule has 1 aromatic heterocycles. The molecule has 4 nitrogen and oxygen atoms in total. The van der Waals surface area contributed by atoms with Crippen LogP contribution in [0.2, 0.25) is 5.02 Å². The van der Waals surface area contributed by atoms with Gasteiger partial charge in [0.25, 0.3) is 5.56 Å². The smallest absolute Gasteiger partial charge is 0.309 e. The van der Waals surface area contributed by atoms with Gasteiger partial charge in [0.1, 0.15) is 6.04 Å². The number of hydrogen-bond donors (Lipinski definition) is 2. The highest BCUT2D eigenvalue weighted by Gasteiger charge is 2.39. The molecule has 150 valence electrons. The molecule has 1 N–H and O–H groups in total. The first-order valence-electron chi connectivity index (χ1n) is 8.33. The van der Waals surface area contributed by atoms with E-state index >= 15 is 0 Å². The van der Waals surface area contributed by atoms with Crippen molar-refractivity contribution in [3.8, 4) is 0 Å². The fraction of sp³-hybridized carbons (Fsp3) is 0.263. The minimum atomic E-state index is -4.29. The van der Waals surface area contributed by atoms with Crippen LogP contribution in [0.3, 0.4) is 0 Å². The Hall–Kier alpha value is -2.03. The van der Waals surface area contributed by atoms with E-state index < -0.39 is 12.2 Å². The summed E-state index contributed by atoms with van der Waals surface area (Å²) in [4.78, 5) is 16.1. The Morgan fingerprint density at radius 2 is 1.86 bits per heavy atom. The van der Waals surface area contributed by atoms with E-state index in [4.69, 9.17) is 11.6 Å². The van der Waals surface area contributed by atoms with Crippen LogP contribution in [-0.2, 0) is 7.05 Å². The third-order valence-electron chi connectivity index (χ3n) is 3.90. The lowest BCUT2D eigenvalue weighted by Gasteiger charge is -2.21. The molecule has 0 aliphatic rings. The highest BCUT2D eigenvalue weighted by Crippen LogP contribution is 2.32. The van der Waals surface area contributed by atoms with Crippen molar-refractivity contribution in [1.82, 2.24) is 14.9 Å². The third-order valence-corrected chi connectivity index (χ3v) is 4.43. The Kier molecular flexibility index (Phi) is 7.51. The highest BCUT2D eigenvalue weighted by atomic mass is 35.5. The zero-order valence-electron chi connectivity index (χ0n) is 15.2. The van der Waals surface area contributed by atoms with E-state index in [1.165, 1.54) is 30.5 Å². The maximum atomic E-state index is 12.6. The van der Waals surface area contributed by atoms with Gasteiger partial charge >= 0.3 is 6.18 Å². The van der Waals surface area contributed by atoms with E-state index in [2.05, 4.69) is 22.9 Å². The third kappa shape index (κ3) is 5.73. The number of nitrogens with zero attached hydrogens (tertiary/aromatic N) is 2. The molecule has 0 saturated carbocycles. The Balaban J connectivity index is 0.000000202. The molecular formula is C19H19ClF3N3OS. The minimum Gasteiger partial charge on any atom is -0.309 e. The molecule has 9 heteroatoms. The molecule has 0 saturated heterocycles. The van der Waals surface area contributed by atoms with E-state index in [-0.39, 0.29) is 17.7 Å². The van der Waals surface area contributed by atoms with Crippen molar-refractivity contribution in [3.05, 3.63) is 69.6 Å². The molecule has 0 aliphatic carbocycles. The topological polar surface area (TPSA) is 46.9 Å². The second-order valence-corrected chi connectivity index (χ2v) is 6.87. The van der Waals surface area contributed by atoms with E-state index in [1.54, 1.807) is 18.5 Å². The lowest BCUT2D eigenvalue weighted by molar-refractivity contribution is -0.157. The number of fused-ring (bicyclic) bond motifs is 1. The number of halogens is 4. The molecule has 1 heterocycles. The second-order valence-electron chi connectivity index (χ2n) is 5.91. The Labute approximate surface area is 170 Å². The maximum Gasteiger partial charge on any atom is 0.407 e. The van der Waals surface area contributed by atoms with Gasteiger partial charge in [-0.3, -0.25) is 4.79 Å². The van der Waals surface area contributed by atoms with Gasteiger partial charge in [-0.05, 0) is 42.4 Å². The Morgan fingerprint density at radius 3 is 2.43 bits per heavy atom. The van der Waals surface area contributed by atoms with Gasteiger partial charge in [0.05, 0.1) is 17.2 Å². The van der Waals surface area contributed by atoms with Crippen molar-refractivity contribution in [1.29, 1.82) is 0 Å². The number of nitrogens with one attached hydrogen (secondary N) is 1. The first-order chi connectivity index (χ1) is 13.1. The summed E-state index contributed by atoms with van der Waals surface area (Å²) in [5.74, 6) is 0. The standard InChI is InChI=1S/C10H11ClF3N.C9H8N2OS/c1-2-15-9(10(12,13)14)7-3-5-8(11)6-4-7;1-11-8-3-2-6(13)4-7(8)10-5-9(11)12/h3-6,9,15H,2H2,1H3;2-5,13H,1H3/t9-;/m1./s1. The molecule has 3 aromatic rings. The number of rotatable bonds is 3. The van der Waals surface area contributed by atoms with Gasteiger partial charge in [0.15, 0.2) is 0 Å². The Morgan fingerprint density at radius 1 is 1.21 bits per heavy atom. The molecule has 0 aliphatic heterocycles. The number of thiol groups is 1. The number of hydrogen-bond acceptors (Lipinski definition) is 4. The average Bonchev–Trinajstić information content (AvgIpc) is 2.63. The summed E-state index contributed by atoms with van der Waals surface area (Å²) < 4.78 is 39.4. The number of alkyl halides is 3. The van der Waals surface area contributed by atoms with E-state index in [0.717, 1.165) is 15.9 Å². The first-order valence-corrected chi connectivity index (χ1v) is 9.16. The Bertz CT molecular complexity index is 990. The summed E-state index contributed by atoms with van der Waals surface area (Å²) in [7, 11) is 1.73. The molecular weight excluding hydrogens is 411 g/mol. The fourth-order valence-electron chi connectivity index (χ4n) is 2.51. The summed E-state index contributed by atoms with van der Waals surface area (Å²) >= 11 is 9.80. The van der Waals surface area contributed by atoms with Crippen LogP contribution in [0.5, 0.6) is 0 Å². The van der Waals surface area contributed by atoms with Crippen LogP contribution in [0.25, 0.3) is 11.0 Å². The van der Waals surface area contributed by atoms with Crippen molar-refractivity contribution in [3.63, 3.8) is 0 Å². The summed E-state index contributed by atoms with van der Waals surface area (Å²) in [5, 5.41) is 2.82. The van der Waals surface area contributed by atoms with Crippen LogP contribution < -0.4 is 10.9 Å². The van der Waals surface area contributed by atoms with Crippen LogP contribution in [0.1, 0.15) is 18.5 Å². The molecule has 3 rings (SSSR count). The maximum absolute atomic E-state index is 12.6. The summed E-state index contributed by atoms with van der Waals surface area (Å²) in [6, 6.07) is 9.54. The van der Waals surface area contributed by atoms with Crippen LogP contribution in [0.4, 0.5) is 13.2 Å². The van der Waals surface area contributed by atoms with Crippen LogP contribution in [-0.4, -0.2) is 22.3 Å². The van der Waals surface area contributed by atoms with Crippen molar-refractivity contribution >= 4 is 35.3 Å². The predicted molar refractivity (Wildman–Crippen MR) is 108 cm³/mol. The summed E-state index contributed by atoms with van der Waals surface area (Å²) in [6.07, 6.45) is -2.97. The summed E-state index contributed by atoms with van der Waals surface area (Å²) in [6.45, 7) is 1.89. The van der Waals surface area contributed by atoms with Crippen molar-refractivity contribution in [2.24, 2.45) is 7.05 Å². The van der Waals surface area contributed by atoms with Crippen LogP contribution in [0.15, 0.2) is 58.4 Å². The quantitative estimate of drug-likeness (QED) is 0.589. The molecule has 0 radical (unpaired) electrons. The lowest BCUT2D eigenvalue weighted by Crippen LogP contribution is -2.33. The van der Waals surface area contributed by atoms with Crippen molar-refractivity contribution in [2.75, 3.05) is 6.54 Å². The summed E-state index contributed by atoms with van der Waals surface area (Å²) in [5.41, 5.74) is 1.69. The van der Waals surface area contributed by atoms with Crippen molar-refractivity contribution < 1.29 is 13.2 Å². The zero-order valence-corrected chi connectivity index (χ0v) is 16.8. The fourth-order valence-corrected chi connectivity index (χ4v) is 2.83. The molecule has 0 spiro atoms. The number of aromatic nitrogens is 2. The van der Waals surface area contributed by atoms with Gasteiger partial charge in [0, 0.05) is 17.0 Å². The lowest BCUT2D eigenvalue weighted by atomic mass is 10.1. The van der Waals surface area contributed by atoms with Gasteiger partial charge in [-0.25, -0.2) is 4.98 Å². The molecule has 0 amide bonds. The molecule has 1 atom stereocenters.